The average molecular weight is 494 g/mol. The summed E-state index contributed by atoms with van der Waals surface area (Å²) < 4.78 is 6.33. The van der Waals surface area contributed by atoms with Crippen LogP contribution in [0.4, 0.5) is 0 Å². The monoisotopic (exact) mass is 493 g/mol. The van der Waals surface area contributed by atoms with E-state index in [4.69, 9.17) is 9.84 Å². The van der Waals surface area contributed by atoms with Crippen molar-refractivity contribution in [1.82, 2.24) is 14.8 Å². The van der Waals surface area contributed by atoms with Gasteiger partial charge in [0.05, 0.1) is 18.2 Å². The summed E-state index contributed by atoms with van der Waals surface area (Å²) in [6.45, 7) is 7.37. The third-order valence-corrected chi connectivity index (χ3v) is 6.27. The van der Waals surface area contributed by atoms with Crippen molar-refractivity contribution < 1.29 is 24.5 Å². The van der Waals surface area contributed by atoms with Gasteiger partial charge in [-0.15, -0.1) is 0 Å². The highest BCUT2D eigenvalue weighted by Crippen LogP contribution is 2.27. The van der Waals surface area contributed by atoms with Gasteiger partial charge >= 0.3 is 5.97 Å². The van der Waals surface area contributed by atoms with Crippen molar-refractivity contribution in [1.29, 1.82) is 0 Å². The summed E-state index contributed by atoms with van der Waals surface area (Å²) in [7, 11) is 1.97. The number of aliphatic hydroxyl groups is 1. The Morgan fingerprint density at radius 1 is 1.33 bits per heavy atom. The minimum absolute atomic E-state index is 0.0289. The summed E-state index contributed by atoms with van der Waals surface area (Å²) in [6.07, 6.45) is 3.08. The third kappa shape index (κ3) is 6.84. The molecule has 1 aliphatic rings. The molecule has 36 heavy (non-hydrogen) atoms. The zero-order valence-corrected chi connectivity index (χ0v) is 21.4. The maximum atomic E-state index is 13.5. The Hall–Kier alpha value is -3.41. The highest BCUT2D eigenvalue weighted by Gasteiger charge is 2.34. The number of carboxylic acids is 1. The van der Waals surface area contributed by atoms with E-state index in [1.165, 1.54) is 0 Å². The summed E-state index contributed by atoms with van der Waals surface area (Å²) in [5.74, 6) is 5.22. The van der Waals surface area contributed by atoms with Crippen LogP contribution in [0.2, 0.25) is 0 Å². The molecule has 1 aliphatic heterocycles. The molecule has 0 bridgehead atoms. The largest absolute Gasteiger partial charge is 0.478 e. The number of unbranched alkanes of at least 4 members (excludes halogenated alkanes) is 1. The van der Waals surface area contributed by atoms with Crippen molar-refractivity contribution in [2.45, 2.75) is 52.3 Å². The molecule has 3 rings (SSSR count). The van der Waals surface area contributed by atoms with E-state index in [0.29, 0.717) is 30.8 Å². The number of nitrogens with zero attached hydrogens (tertiary/aromatic N) is 3. The van der Waals surface area contributed by atoms with Crippen LogP contribution in [0.5, 0.6) is 5.88 Å². The Bertz CT molecular complexity index is 1120. The van der Waals surface area contributed by atoms with Crippen molar-refractivity contribution in [2.24, 2.45) is 5.92 Å². The number of hydrogen-bond acceptors (Lipinski definition) is 6. The van der Waals surface area contributed by atoms with E-state index in [-0.39, 0.29) is 42.0 Å². The molecule has 2 aromatic rings. The minimum atomic E-state index is -0.950. The number of aromatic carboxylic acids is 1. The van der Waals surface area contributed by atoms with Crippen LogP contribution in [0, 0.1) is 17.8 Å². The first-order valence-corrected chi connectivity index (χ1v) is 12.3. The van der Waals surface area contributed by atoms with E-state index in [2.05, 4.69) is 28.6 Å². The predicted octanol–water partition coefficient (Wildman–Crippen LogP) is 3.28. The van der Waals surface area contributed by atoms with Gasteiger partial charge in [0.15, 0.2) is 0 Å². The summed E-state index contributed by atoms with van der Waals surface area (Å²) in [4.78, 5) is 32.8. The molecule has 192 valence electrons. The van der Waals surface area contributed by atoms with E-state index in [9.17, 15) is 14.7 Å². The molecule has 2 heterocycles. The van der Waals surface area contributed by atoms with Gasteiger partial charge in [-0.25, -0.2) is 9.78 Å². The second-order valence-electron chi connectivity index (χ2n) is 9.45. The lowest BCUT2D eigenvalue weighted by atomic mass is 9.99. The number of hydrogen-bond donors (Lipinski definition) is 2. The normalized spacial score (nSPS) is 18.4. The van der Waals surface area contributed by atoms with Crippen molar-refractivity contribution in [3.63, 3.8) is 0 Å². The Morgan fingerprint density at radius 2 is 2.06 bits per heavy atom. The van der Waals surface area contributed by atoms with Crippen LogP contribution in [0.1, 0.15) is 65.5 Å². The smallest absolute Gasteiger partial charge is 0.335 e. The van der Waals surface area contributed by atoms with Gasteiger partial charge in [0.25, 0.3) is 5.91 Å². The topological polar surface area (TPSA) is 103 Å². The summed E-state index contributed by atoms with van der Waals surface area (Å²) in [6, 6.07) is 8.19. The molecule has 0 saturated heterocycles. The number of carbonyl (C=O) groups excluding carboxylic acids is 1. The molecule has 8 nitrogen and oxygen atoms in total. The van der Waals surface area contributed by atoms with Crippen molar-refractivity contribution in [3.8, 4) is 17.7 Å². The number of carboxylic acid groups (broad SMARTS) is 1. The van der Waals surface area contributed by atoms with E-state index >= 15 is 0 Å². The number of ether oxygens (including phenoxy) is 1. The summed E-state index contributed by atoms with van der Waals surface area (Å²) >= 11 is 0. The zero-order valence-electron chi connectivity index (χ0n) is 21.4. The van der Waals surface area contributed by atoms with E-state index < -0.39 is 5.97 Å². The van der Waals surface area contributed by atoms with Crippen LogP contribution in [-0.2, 0) is 6.54 Å². The molecule has 0 spiro atoms. The molecule has 0 fully saturated rings. The first kappa shape index (κ1) is 27.2. The molecule has 2 N–H and O–H groups in total. The Kier molecular flexibility index (Phi) is 9.45. The third-order valence-electron chi connectivity index (χ3n) is 6.27. The fraction of sp³-hybridized carbons (Fsp3) is 0.464. The van der Waals surface area contributed by atoms with Crippen LogP contribution in [0.3, 0.4) is 0 Å². The second-order valence-corrected chi connectivity index (χ2v) is 9.45. The zero-order chi connectivity index (χ0) is 26.2. The first-order valence-electron chi connectivity index (χ1n) is 12.3. The molecule has 8 heteroatoms. The second kappa shape index (κ2) is 12.5. The number of carbonyl (C=O) groups is 2. The number of rotatable bonds is 8. The predicted molar refractivity (Wildman–Crippen MR) is 137 cm³/mol. The van der Waals surface area contributed by atoms with Gasteiger partial charge in [-0.2, -0.15) is 0 Å². The molecule has 1 amide bonds. The van der Waals surface area contributed by atoms with Crippen LogP contribution in [0.15, 0.2) is 36.5 Å². The maximum Gasteiger partial charge on any atom is 0.335 e. The van der Waals surface area contributed by atoms with E-state index in [0.717, 1.165) is 18.4 Å². The fourth-order valence-electron chi connectivity index (χ4n) is 4.11. The van der Waals surface area contributed by atoms with Crippen LogP contribution in [-0.4, -0.2) is 75.8 Å². The standard InChI is InChI=1S/C28H35N3O5/c1-5-6-7-8-22-13-24-26(29-14-22)36-25(19(2)15-31(27(24)33)20(3)18-32)17-30(4)16-21-9-11-23(12-10-21)28(34)35/h9-14,19-20,25,32H,5-6,15-18H2,1-4H3,(H,34,35)/t19-,20+,25-/m0/s1. The van der Waals surface area contributed by atoms with Gasteiger partial charge in [0, 0.05) is 43.7 Å². The van der Waals surface area contributed by atoms with Crippen molar-refractivity contribution in [3.05, 3.63) is 58.8 Å². The lowest BCUT2D eigenvalue weighted by molar-refractivity contribution is 0.0325. The van der Waals surface area contributed by atoms with Crippen LogP contribution < -0.4 is 4.74 Å². The van der Waals surface area contributed by atoms with Crippen LogP contribution in [0.25, 0.3) is 0 Å². The number of fused-ring (bicyclic) bond motifs is 1. The van der Waals surface area contributed by atoms with Gasteiger partial charge in [-0.1, -0.05) is 37.8 Å². The lowest BCUT2D eigenvalue weighted by Gasteiger charge is -2.37. The number of aliphatic hydroxyl groups excluding tert-OH is 1. The quantitative estimate of drug-likeness (QED) is 0.544. The number of likely N-dealkylation sites (N-methyl/N-ethyl adjacent to an activating group) is 1. The maximum absolute atomic E-state index is 13.5. The molecule has 0 saturated carbocycles. The van der Waals surface area contributed by atoms with Crippen molar-refractivity contribution >= 4 is 11.9 Å². The molecule has 0 unspecified atom stereocenters. The van der Waals surface area contributed by atoms with Crippen molar-refractivity contribution in [2.75, 3.05) is 26.7 Å². The number of aromatic nitrogens is 1. The number of benzene rings is 1. The molecule has 0 aliphatic carbocycles. The SMILES string of the molecule is CCCC#Cc1cnc2c(c1)C(=O)N([C@H](C)CO)C[C@H](C)[C@H](CN(C)Cc1ccc(C(=O)O)cc1)O2. The lowest BCUT2D eigenvalue weighted by Crippen LogP contribution is -2.49. The van der Waals surface area contributed by atoms with Gasteiger partial charge in [-0.3, -0.25) is 9.69 Å². The van der Waals surface area contributed by atoms with Gasteiger partial charge in [-0.05, 0) is 44.2 Å². The van der Waals surface area contributed by atoms with Gasteiger partial charge < -0.3 is 19.8 Å². The average Bonchev–Trinajstić information content (AvgIpc) is 2.86. The highest BCUT2D eigenvalue weighted by molar-refractivity contribution is 5.97. The Balaban J connectivity index is 1.85. The number of pyridine rings is 1. The van der Waals surface area contributed by atoms with Gasteiger partial charge in [0.1, 0.15) is 11.7 Å². The number of amides is 1. The van der Waals surface area contributed by atoms with Gasteiger partial charge in [0.2, 0.25) is 5.88 Å². The highest BCUT2D eigenvalue weighted by atomic mass is 16.5. The minimum Gasteiger partial charge on any atom is -0.478 e. The van der Waals surface area contributed by atoms with Crippen LogP contribution >= 0.6 is 0 Å². The molecule has 0 radical (unpaired) electrons. The summed E-state index contributed by atoms with van der Waals surface area (Å²) in [5.41, 5.74) is 2.24. The molecular formula is C28H35N3O5. The summed E-state index contributed by atoms with van der Waals surface area (Å²) in [5, 5.41) is 18.9. The molecule has 1 aromatic carbocycles. The first-order chi connectivity index (χ1) is 17.2. The fourth-order valence-corrected chi connectivity index (χ4v) is 4.11. The molecule has 1 aromatic heterocycles. The molecule has 3 atom stereocenters. The Morgan fingerprint density at radius 3 is 2.69 bits per heavy atom. The van der Waals surface area contributed by atoms with E-state index in [1.807, 2.05) is 33.0 Å². The molecular weight excluding hydrogens is 458 g/mol. The van der Waals surface area contributed by atoms with E-state index in [1.54, 1.807) is 29.3 Å². The Labute approximate surface area is 212 Å².